The fourth-order valence-electron chi connectivity index (χ4n) is 2.85. The van der Waals surface area contributed by atoms with Gasteiger partial charge in [-0.05, 0) is 37.4 Å². The third-order valence-electron chi connectivity index (χ3n) is 3.77. The van der Waals surface area contributed by atoms with E-state index >= 15 is 0 Å². The molecule has 2 unspecified atom stereocenters. The summed E-state index contributed by atoms with van der Waals surface area (Å²) in [6, 6.07) is 3.65. The normalized spacial score (nSPS) is 21.9. The van der Waals surface area contributed by atoms with Gasteiger partial charge in [0.25, 0.3) is 0 Å². The molecule has 1 aromatic carbocycles. The van der Waals surface area contributed by atoms with Crippen molar-refractivity contribution in [3.63, 3.8) is 0 Å². The van der Waals surface area contributed by atoms with Gasteiger partial charge in [0, 0.05) is 20.2 Å². The van der Waals surface area contributed by atoms with Gasteiger partial charge in [0.1, 0.15) is 11.6 Å². The third-order valence-corrected chi connectivity index (χ3v) is 3.77. The first-order valence-corrected chi connectivity index (χ1v) is 6.95. The molecule has 0 aromatic heterocycles. The van der Waals surface area contributed by atoms with Gasteiger partial charge in [-0.15, -0.1) is 0 Å². The summed E-state index contributed by atoms with van der Waals surface area (Å²) in [6.07, 6.45) is 0.965. The molecular formula is C15H21F2NO2. The standard InChI is InChI=1S/C15H21F2NO2/c1-20-10-11-4-3-7-18(8-11)9-14(19)15-12(16)5-2-6-13(15)17/h2,5-6,11,14,19H,3-4,7-10H2,1H3. The highest BCUT2D eigenvalue weighted by molar-refractivity contribution is 5.22. The van der Waals surface area contributed by atoms with Gasteiger partial charge >= 0.3 is 0 Å². The van der Waals surface area contributed by atoms with Gasteiger partial charge in [-0.1, -0.05) is 6.07 Å². The Morgan fingerprint density at radius 3 is 2.75 bits per heavy atom. The van der Waals surface area contributed by atoms with Crippen molar-refractivity contribution < 1.29 is 18.6 Å². The summed E-state index contributed by atoms with van der Waals surface area (Å²) in [5.41, 5.74) is -0.235. The van der Waals surface area contributed by atoms with Gasteiger partial charge in [0.05, 0.1) is 18.3 Å². The molecule has 5 heteroatoms. The topological polar surface area (TPSA) is 32.7 Å². The molecule has 0 saturated carbocycles. The molecule has 20 heavy (non-hydrogen) atoms. The second kappa shape index (κ2) is 7.11. The predicted molar refractivity (Wildman–Crippen MR) is 72.4 cm³/mol. The third kappa shape index (κ3) is 3.75. The monoisotopic (exact) mass is 285 g/mol. The van der Waals surface area contributed by atoms with Crippen molar-refractivity contribution in [2.75, 3.05) is 33.4 Å². The first-order valence-electron chi connectivity index (χ1n) is 6.95. The smallest absolute Gasteiger partial charge is 0.131 e. The van der Waals surface area contributed by atoms with E-state index in [0.29, 0.717) is 12.5 Å². The Kier molecular flexibility index (Phi) is 5.46. The number of piperidine rings is 1. The number of halogens is 2. The van der Waals surface area contributed by atoms with E-state index in [9.17, 15) is 13.9 Å². The molecule has 0 amide bonds. The number of aliphatic hydroxyl groups excluding tert-OH is 1. The summed E-state index contributed by atoms with van der Waals surface area (Å²) in [4.78, 5) is 2.05. The maximum atomic E-state index is 13.6. The molecule has 1 fully saturated rings. The zero-order chi connectivity index (χ0) is 14.5. The molecule has 0 aliphatic carbocycles. The van der Waals surface area contributed by atoms with Gasteiger partial charge in [0.2, 0.25) is 0 Å². The molecule has 1 aromatic rings. The first-order chi connectivity index (χ1) is 9.61. The maximum absolute atomic E-state index is 13.6. The van der Waals surface area contributed by atoms with Crippen molar-refractivity contribution in [3.8, 4) is 0 Å². The van der Waals surface area contributed by atoms with Crippen LogP contribution in [0.25, 0.3) is 0 Å². The van der Waals surface area contributed by atoms with Gasteiger partial charge in [-0.2, -0.15) is 0 Å². The van der Waals surface area contributed by atoms with E-state index in [2.05, 4.69) is 0 Å². The maximum Gasteiger partial charge on any atom is 0.131 e. The predicted octanol–water partition coefficient (Wildman–Crippen LogP) is 2.36. The van der Waals surface area contributed by atoms with Crippen LogP contribution in [0.2, 0.25) is 0 Å². The van der Waals surface area contributed by atoms with E-state index in [1.165, 1.54) is 18.2 Å². The van der Waals surface area contributed by atoms with Crippen LogP contribution in [0.3, 0.4) is 0 Å². The molecule has 2 atom stereocenters. The molecule has 3 nitrogen and oxygen atoms in total. The lowest BCUT2D eigenvalue weighted by molar-refractivity contribution is 0.0539. The minimum atomic E-state index is -1.14. The molecule has 2 rings (SSSR count). The number of rotatable bonds is 5. The molecule has 1 heterocycles. The molecule has 0 spiro atoms. The lowest BCUT2D eigenvalue weighted by Crippen LogP contribution is -2.39. The SMILES string of the molecule is COCC1CCCN(CC(O)c2c(F)cccc2F)C1. The fourth-order valence-corrected chi connectivity index (χ4v) is 2.85. The summed E-state index contributed by atoms with van der Waals surface area (Å²) in [5.74, 6) is -0.961. The number of β-amino-alcohol motifs (C(OH)–C–C–N with tert-alkyl or cyclic N) is 1. The Hall–Kier alpha value is -1.04. The summed E-state index contributed by atoms with van der Waals surface area (Å²) in [5, 5.41) is 10.1. The quantitative estimate of drug-likeness (QED) is 0.901. The van der Waals surface area contributed by atoms with Crippen LogP contribution in [0, 0.1) is 17.6 Å². The highest BCUT2D eigenvalue weighted by Gasteiger charge is 2.24. The number of benzene rings is 1. The van der Waals surface area contributed by atoms with Crippen LogP contribution in [-0.4, -0.2) is 43.4 Å². The summed E-state index contributed by atoms with van der Waals surface area (Å²) in [6.45, 7) is 2.56. The molecule has 112 valence electrons. The van der Waals surface area contributed by atoms with Gasteiger partial charge in [0.15, 0.2) is 0 Å². The van der Waals surface area contributed by atoms with E-state index in [0.717, 1.165) is 25.9 Å². The van der Waals surface area contributed by atoms with E-state index in [1.54, 1.807) is 7.11 Å². The fraction of sp³-hybridized carbons (Fsp3) is 0.600. The Morgan fingerprint density at radius 1 is 1.40 bits per heavy atom. The van der Waals surface area contributed by atoms with Crippen molar-refractivity contribution in [3.05, 3.63) is 35.4 Å². The van der Waals surface area contributed by atoms with E-state index < -0.39 is 17.7 Å². The highest BCUT2D eigenvalue weighted by atomic mass is 19.1. The second-order valence-corrected chi connectivity index (χ2v) is 5.37. The van der Waals surface area contributed by atoms with Crippen molar-refractivity contribution in [1.29, 1.82) is 0 Å². The van der Waals surface area contributed by atoms with Crippen LogP contribution in [-0.2, 0) is 4.74 Å². The highest BCUT2D eigenvalue weighted by Crippen LogP contribution is 2.24. The average Bonchev–Trinajstić information content (AvgIpc) is 2.39. The molecule has 1 aliphatic heterocycles. The lowest BCUT2D eigenvalue weighted by Gasteiger charge is -2.33. The molecule has 1 saturated heterocycles. The van der Waals surface area contributed by atoms with Gasteiger partial charge in [-0.3, -0.25) is 0 Å². The number of hydrogen-bond acceptors (Lipinski definition) is 3. The van der Waals surface area contributed by atoms with E-state index in [-0.39, 0.29) is 12.1 Å². The van der Waals surface area contributed by atoms with Crippen LogP contribution in [0.1, 0.15) is 24.5 Å². The second-order valence-electron chi connectivity index (χ2n) is 5.37. The average molecular weight is 285 g/mol. The molecular weight excluding hydrogens is 264 g/mol. The minimum absolute atomic E-state index is 0.235. The van der Waals surface area contributed by atoms with Crippen molar-refractivity contribution in [2.45, 2.75) is 18.9 Å². The number of nitrogens with zero attached hydrogens (tertiary/aromatic N) is 1. The largest absolute Gasteiger partial charge is 0.387 e. The number of likely N-dealkylation sites (tertiary alicyclic amines) is 1. The Labute approximate surface area is 118 Å². The van der Waals surface area contributed by atoms with Crippen LogP contribution < -0.4 is 0 Å². The van der Waals surface area contributed by atoms with Crippen LogP contribution >= 0.6 is 0 Å². The number of methoxy groups -OCH3 is 1. The van der Waals surface area contributed by atoms with Gasteiger partial charge in [-0.25, -0.2) is 8.78 Å². The minimum Gasteiger partial charge on any atom is -0.387 e. The number of hydrogen-bond donors (Lipinski definition) is 1. The van der Waals surface area contributed by atoms with Crippen molar-refractivity contribution >= 4 is 0 Å². The molecule has 0 bridgehead atoms. The summed E-state index contributed by atoms with van der Waals surface area (Å²) < 4.78 is 32.4. The Balaban J connectivity index is 1.98. The van der Waals surface area contributed by atoms with Crippen molar-refractivity contribution in [2.24, 2.45) is 5.92 Å². The van der Waals surface area contributed by atoms with Crippen molar-refractivity contribution in [1.82, 2.24) is 4.90 Å². The lowest BCUT2D eigenvalue weighted by atomic mass is 9.98. The van der Waals surface area contributed by atoms with Crippen LogP contribution in [0.4, 0.5) is 8.78 Å². The Bertz CT molecular complexity index is 420. The summed E-state index contributed by atoms with van der Waals surface area (Å²) >= 11 is 0. The zero-order valence-electron chi connectivity index (χ0n) is 11.7. The Morgan fingerprint density at radius 2 is 2.10 bits per heavy atom. The number of aliphatic hydroxyl groups is 1. The van der Waals surface area contributed by atoms with Gasteiger partial charge < -0.3 is 14.7 Å². The number of ether oxygens (including phenoxy) is 1. The zero-order valence-corrected chi connectivity index (χ0v) is 11.7. The summed E-state index contributed by atoms with van der Waals surface area (Å²) in [7, 11) is 1.67. The molecule has 0 radical (unpaired) electrons. The van der Waals surface area contributed by atoms with Crippen LogP contribution in [0.5, 0.6) is 0 Å². The molecule has 1 N–H and O–H groups in total. The van der Waals surface area contributed by atoms with E-state index in [4.69, 9.17) is 4.74 Å². The van der Waals surface area contributed by atoms with E-state index in [1.807, 2.05) is 4.90 Å². The van der Waals surface area contributed by atoms with Crippen LogP contribution in [0.15, 0.2) is 18.2 Å². The first kappa shape index (κ1) is 15.4. The molecule has 1 aliphatic rings.